The third kappa shape index (κ3) is 3.33. The molecule has 1 N–H and O–H groups in total. The van der Waals surface area contributed by atoms with E-state index in [4.69, 9.17) is 4.42 Å². The molecule has 142 valence electrons. The second kappa shape index (κ2) is 6.65. The summed E-state index contributed by atoms with van der Waals surface area (Å²) in [7, 11) is -3.66. The Balaban J connectivity index is 1.66. The summed E-state index contributed by atoms with van der Waals surface area (Å²) in [4.78, 5) is 14.0. The zero-order valence-electron chi connectivity index (χ0n) is 15.4. The molecule has 1 aliphatic heterocycles. The van der Waals surface area contributed by atoms with Gasteiger partial charge in [0, 0.05) is 18.7 Å². The van der Waals surface area contributed by atoms with Gasteiger partial charge in [0.1, 0.15) is 0 Å². The van der Waals surface area contributed by atoms with E-state index in [2.05, 4.69) is 30.1 Å². The smallest absolute Gasteiger partial charge is 0.408 e. The molecule has 2 aromatic carbocycles. The monoisotopic (exact) mass is 386 g/mol. The van der Waals surface area contributed by atoms with Crippen LogP contribution in [0.1, 0.15) is 29.5 Å². The lowest BCUT2D eigenvalue weighted by Gasteiger charge is -2.25. The molecule has 1 fully saturated rings. The molecule has 3 aromatic rings. The van der Waals surface area contributed by atoms with E-state index in [-0.39, 0.29) is 16.5 Å². The number of hydrogen-bond acceptors (Lipinski definition) is 4. The molecule has 0 bridgehead atoms. The zero-order chi connectivity index (χ0) is 19.2. The van der Waals surface area contributed by atoms with Gasteiger partial charge in [-0.15, -0.1) is 0 Å². The molecule has 0 spiro atoms. The lowest BCUT2D eigenvalue weighted by atomic mass is 9.98. The molecule has 6 nitrogen and oxygen atoms in total. The number of nitrogens with one attached hydrogen (secondary N) is 1. The van der Waals surface area contributed by atoms with Crippen molar-refractivity contribution >= 4 is 21.1 Å². The lowest BCUT2D eigenvalue weighted by Crippen LogP contribution is -2.36. The van der Waals surface area contributed by atoms with Gasteiger partial charge in [-0.05, 0) is 56.4 Å². The summed E-state index contributed by atoms with van der Waals surface area (Å²) in [6, 6.07) is 10.8. The van der Waals surface area contributed by atoms with Crippen molar-refractivity contribution in [3.05, 3.63) is 63.6 Å². The first-order chi connectivity index (χ1) is 12.8. The summed E-state index contributed by atoms with van der Waals surface area (Å²) in [6.07, 6.45) is 2.39. The van der Waals surface area contributed by atoms with Crippen molar-refractivity contribution in [3.63, 3.8) is 0 Å². The van der Waals surface area contributed by atoms with E-state index in [0.29, 0.717) is 18.5 Å². The number of aryl methyl sites for hydroxylation is 2. The third-order valence-corrected chi connectivity index (χ3v) is 7.23. The molecule has 1 unspecified atom stereocenters. The predicted molar refractivity (Wildman–Crippen MR) is 103 cm³/mol. The van der Waals surface area contributed by atoms with Crippen molar-refractivity contribution in [3.8, 4) is 0 Å². The Morgan fingerprint density at radius 1 is 1.19 bits per heavy atom. The minimum atomic E-state index is -3.66. The number of hydrogen-bond donors (Lipinski definition) is 1. The minimum Gasteiger partial charge on any atom is -0.408 e. The molecule has 2 heterocycles. The Labute approximate surface area is 157 Å². The van der Waals surface area contributed by atoms with Gasteiger partial charge in [0.05, 0.1) is 10.4 Å². The van der Waals surface area contributed by atoms with E-state index < -0.39 is 15.8 Å². The van der Waals surface area contributed by atoms with Crippen molar-refractivity contribution in [1.82, 2.24) is 9.29 Å². The molecular formula is C20H22N2O4S. The SMILES string of the molecule is Cc1ccc(C)c(CC2CCCN2S(=O)(=O)c2ccc3[nH]c(=O)oc3c2)c1. The molecule has 1 aliphatic rings. The van der Waals surface area contributed by atoms with Crippen LogP contribution in [0.3, 0.4) is 0 Å². The molecule has 1 aromatic heterocycles. The van der Waals surface area contributed by atoms with E-state index in [0.717, 1.165) is 12.8 Å². The highest BCUT2D eigenvalue weighted by Crippen LogP contribution is 2.30. The topological polar surface area (TPSA) is 83.4 Å². The van der Waals surface area contributed by atoms with Crippen LogP contribution >= 0.6 is 0 Å². The summed E-state index contributed by atoms with van der Waals surface area (Å²) >= 11 is 0. The molecule has 1 saturated heterocycles. The van der Waals surface area contributed by atoms with Crippen LogP contribution in [0.5, 0.6) is 0 Å². The molecule has 1 atom stereocenters. The van der Waals surface area contributed by atoms with Crippen LogP contribution in [0.2, 0.25) is 0 Å². The van der Waals surface area contributed by atoms with E-state index >= 15 is 0 Å². The van der Waals surface area contributed by atoms with Gasteiger partial charge in [0.15, 0.2) is 5.58 Å². The Bertz CT molecular complexity index is 1160. The largest absolute Gasteiger partial charge is 0.417 e. The number of fused-ring (bicyclic) bond motifs is 1. The standard InChI is InChI=1S/C20H22N2O4S/c1-13-5-6-14(2)15(10-13)11-16-4-3-9-22(16)27(24,25)17-7-8-18-19(12-17)26-20(23)21-18/h5-8,10,12,16H,3-4,9,11H2,1-2H3,(H,21,23). The fourth-order valence-electron chi connectivity index (χ4n) is 3.83. The molecular weight excluding hydrogens is 364 g/mol. The van der Waals surface area contributed by atoms with Crippen molar-refractivity contribution in [2.24, 2.45) is 0 Å². The summed E-state index contributed by atoms with van der Waals surface area (Å²) < 4.78 is 33.1. The van der Waals surface area contributed by atoms with Crippen LogP contribution in [-0.2, 0) is 16.4 Å². The molecule has 0 radical (unpaired) electrons. The summed E-state index contributed by atoms with van der Waals surface area (Å²) in [5.74, 6) is -0.589. The van der Waals surface area contributed by atoms with Gasteiger partial charge < -0.3 is 4.42 Å². The van der Waals surface area contributed by atoms with Gasteiger partial charge in [-0.3, -0.25) is 4.98 Å². The number of aromatic nitrogens is 1. The normalized spacial score (nSPS) is 18.4. The molecule has 27 heavy (non-hydrogen) atoms. The lowest BCUT2D eigenvalue weighted by molar-refractivity contribution is 0.385. The predicted octanol–water partition coefficient (Wildman–Crippen LogP) is 3.13. The van der Waals surface area contributed by atoms with E-state index in [1.54, 1.807) is 10.4 Å². The van der Waals surface area contributed by atoms with Crippen molar-refractivity contribution in [2.45, 2.75) is 44.0 Å². The highest BCUT2D eigenvalue weighted by Gasteiger charge is 2.35. The van der Waals surface area contributed by atoms with Crippen LogP contribution in [0, 0.1) is 13.8 Å². The van der Waals surface area contributed by atoms with Gasteiger partial charge >= 0.3 is 5.76 Å². The molecule has 0 amide bonds. The second-order valence-electron chi connectivity index (χ2n) is 7.22. The van der Waals surface area contributed by atoms with Crippen LogP contribution in [0.25, 0.3) is 11.1 Å². The summed E-state index contributed by atoms with van der Waals surface area (Å²) in [6.45, 7) is 4.61. The van der Waals surface area contributed by atoms with E-state index in [1.807, 2.05) is 6.92 Å². The Morgan fingerprint density at radius 3 is 2.81 bits per heavy atom. The number of rotatable bonds is 4. The maximum absolute atomic E-state index is 13.2. The maximum atomic E-state index is 13.2. The summed E-state index contributed by atoms with van der Waals surface area (Å²) in [5, 5.41) is 0. The Kier molecular flexibility index (Phi) is 4.44. The Hall–Kier alpha value is -2.38. The van der Waals surface area contributed by atoms with Gasteiger partial charge in [-0.25, -0.2) is 13.2 Å². The average Bonchev–Trinajstić information content (AvgIpc) is 3.23. The first-order valence-corrected chi connectivity index (χ1v) is 10.5. The van der Waals surface area contributed by atoms with Gasteiger partial charge in [-0.1, -0.05) is 23.8 Å². The number of oxazole rings is 1. The number of sulfonamides is 1. The number of nitrogens with zero attached hydrogens (tertiary/aromatic N) is 1. The third-order valence-electron chi connectivity index (χ3n) is 5.28. The Morgan fingerprint density at radius 2 is 2.00 bits per heavy atom. The molecule has 7 heteroatoms. The number of aromatic amines is 1. The summed E-state index contributed by atoms with van der Waals surface area (Å²) in [5.41, 5.74) is 4.30. The van der Waals surface area contributed by atoms with Crippen LogP contribution in [-0.4, -0.2) is 30.3 Å². The first-order valence-electron chi connectivity index (χ1n) is 9.05. The molecule has 4 rings (SSSR count). The van der Waals surface area contributed by atoms with Crippen molar-refractivity contribution in [2.75, 3.05) is 6.54 Å². The highest BCUT2D eigenvalue weighted by atomic mass is 32.2. The van der Waals surface area contributed by atoms with Gasteiger partial charge in [0.2, 0.25) is 10.0 Å². The highest BCUT2D eigenvalue weighted by molar-refractivity contribution is 7.89. The molecule has 0 aliphatic carbocycles. The minimum absolute atomic E-state index is 0.0653. The quantitative estimate of drug-likeness (QED) is 0.747. The average molecular weight is 386 g/mol. The van der Waals surface area contributed by atoms with Crippen LogP contribution < -0.4 is 5.76 Å². The molecule has 0 saturated carbocycles. The number of H-pyrrole nitrogens is 1. The van der Waals surface area contributed by atoms with Crippen LogP contribution in [0.4, 0.5) is 0 Å². The second-order valence-corrected chi connectivity index (χ2v) is 9.11. The maximum Gasteiger partial charge on any atom is 0.417 e. The van der Waals surface area contributed by atoms with E-state index in [1.165, 1.54) is 28.8 Å². The van der Waals surface area contributed by atoms with E-state index in [9.17, 15) is 13.2 Å². The number of benzene rings is 2. The zero-order valence-corrected chi connectivity index (χ0v) is 16.2. The first kappa shape index (κ1) is 18.0. The van der Waals surface area contributed by atoms with Crippen LogP contribution in [0.15, 0.2) is 50.5 Å². The van der Waals surface area contributed by atoms with Gasteiger partial charge in [-0.2, -0.15) is 4.31 Å². The van der Waals surface area contributed by atoms with Crippen molar-refractivity contribution < 1.29 is 12.8 Å². The fraction of sp³-hybridized carbons (Fsp3) is 0.350. The fourth-order valence-corrected chi connectivity index (χ4v) is 5.53. The van der Waals surface area contributed by atoms with Crippen molar-refractivity contribution in [1.29, 1.82) is 0 Å². The van der Waals surface area contributed by atoms with Gasteiger partial charge in [0.25, 0.3) is 0 Å².